The van der Waals surface area contributed by atoms with E-state index < -0.39 is 0 Å². The number of nitrogens with zero attached hydrogens (tertiary/aromatic N) is 2. The summed E-state index contributed by atoms with van der Waals surface area (Å²) in [5.41, 5.74) is 6.46. The van der Waals surface area contributed by atoms with Gasteiger partial charge in [-0.2, -0.15) is 0 Å². The lowest BCUT2D eigenvalue weighted by Crippen LogP contribution is -2.44. The predicted molar refractivity (Wildman–Crippen MR) is 127 cm³/mol. The van der Waals surface area contributed by atoms with Gasteiger partial charge in [0.2, 0.25) is 0 Å². The molecule has 1 saturated heterocycles. The average Bonchev–Trinajstić information content (AvgIpc) is 3.57. The first-order valence-corrected chi connectivity index (χ1v) is 12.4. The number of piperidine rings is 1. The SMILES string of the molecule is CC1(C)CCc2cc(C3CC3)cc(CN3CCC4(CC3)CC(c3ccccc3)=NO4)c2O1. The van der Waals surface area contributed by atoms with Gasteiger partial charge in [0.25, 0.3) is 0 Å². The van der Waals surface area contributed by atoms with Gasteiger partial charge in [-0.1, -0.05) is 47.6 Å². The van der Waals surface area contributed by atoms with Crippen molar-refractivity contribution in [1.82, 2.24) is 4.90 Å². The number of rotatable bonds is 4. The van der Waals surface area contributed by atoms with Crippen molar-refractivity contribution in [1.29, 1.82) is 0 Å². The molecule has 168 valence electrons. The summed E-state index contributed by atoms with van der Waals surface area (Å²) < 4.78 is 6.53. The van der Waals surface area contributed by atoms with Crippen LogP contribution in [0.25, 0.3) is 0 Å². The van der Waals surface area contributed by atoms with Crippen LogP contribution in [0.2, 0.25) is 0 Å². The summed E-state index contributed by atoms with van der Waals surface area (Å²) in [5.74, 6) is 1.94. The van der Waals surface area contributed by atoms with Gasteiger partial charge in [0.05, 0.1) is 5.71 Å². The highest BCUT2D eigenvalue weighted by atomic mass is 16.7. The Morgan fingerprint density at radius 1 is 1.03 bits per heavy atom. The zero-order valence-corrected chi connectivity index (χ0v) is 19.4. The van der Waals surface area contributed by atoms with Crippen LogP contribution in [-0.4, -0.2) is 34.9 Å². The molecule has 2 fully saturated rings. The summed E-state index contributed by atoms with van der Waals surface area (Å²) in [6.07, 6.45) is 7.91. The largest absolute Gasteiger partial charge is 0.487 e. The van der Waals surface area contributed by atoms with E-state index in [9.17, 15) is 0 Å². The minimum Gasteiger partial charge on any atom is -0.487 e. The van der Waals surface area contributed by atoms with Crippen molar-refractivity contribution in [2.45, 2.75) is 82.5 Å². The summed E-state index contributed by atoms with van der Waals surface area (Å²) >= 11 is 0. The fourth-order valence-corrected chi connectivity index (χ4v) is 5.57. The van der Waals surface area contributed by atoms with Crippen molar-refractivity contribution in [3.05, 3.63) is 64.7 Å². The lowest BCUT2D eigenvalue weighted by atomic mass is 9.85. The molecule has 32 heavy (non-hydrogen) atoms. The molecule has 3 heterocycles. The van der Waals surface area contributed by atoms with Crippen LogP contribution in [0.1, 0.15) is 80.5 Å². The standard InChI is InChI=1S/C28H34N2O2/c1-27(2)11-10-22-16-23(20-8-9-20)17-24(26(22)31-27)19-30-14-12-28(13-15-30)18-25(29-32-28)21-6-4-3-5-7-21/h3-7,16-17,20H,8-15,18-19H2,1-2H3. The number of likely N-dealkylation sites (tertiary alicyclic amines) is 1. The Morgan fingerprint density at radius 3 is 2.56 bits per heavy atom. The van der Waals surface area contributed by atoms with Gasteiger partial charge < -0.3 is 9.57 Å². The van der Waals surface area contributed by atoms with E-state index in [1.807, 2.05) is 0 Å². The zero-order valence-electron chi connectivity index (χ0n) is 19.4. The maximum Gasteiger partial charge on any atom is 0.145 e. The van der Waals surface area contributed by atoms with Gasteiger partial charge in [0.1, 0.15) is 17.0 Å². The molecule has 0 bridgehead atoms. The fraction of sp³-hybridized carbons (Fsp3) is 0.536. The van der Waals surface area contributed by atoms with E-state index >= 15 is 0 Å². The minimum atomic E-state index is -0.116. The lowest BCUT2D eigenvalue weighted by Gasteiger charge is -2.39. The molecule has 4 aliphatic rings. The highest BCUT2D eigenvalue weighted by molar-refractivity contribution is 6.01. The average molecular weight is 431 g/mol. The van der Waals surface area contributed by atoms with Crippen molar-refractivity contribution in [3.8, 4) is 5.75 Å². The van der Waals surface area contributed by atoms with Crippen LogP contribution >= 0.6 is 0 Å². The molecule has 0 unspecified atom stereocenters. The zero-order chi connectivity index (χ0) is 21.8. The number of oxime groups is 1. The Kier molecular flexibility index (Phi) is 4.83. The van der Waals surface area contributed by atoms with Crippen molar-refractivity contribution in [2.75, 3.05) is 13.1 Å². The molecule has 0 radical (unpaired) electrons. The Labute approximate surface area is 191 Å². The van der Waals surface area contributed by atoms with Crippen LogP contribution in [-0.2, 0) is 17.8 Å². The van der Waals surface area contributed by atoms with Gasteiger partial charge in [-0.3, -0.25) is 4.90 Å². The molecule has 1 saturated carbocycles. The van der Waals surface area contributed by atoms with E-state index in [-0.39, 0.29) is 11.2 Å². The van der Waals surface area contributed by atoms with Gasteiger partial charge in [0.15, 0.2) is 0 Å². The summed E-state index contributed by atoms with van der Waals surface area (Å²) in [7, 11) is 0. The summed E-state index contributed by atoms with van der Waals surface area (Å²) in [6, 6.07) is 15.4. The summed E-state index contributed by atoms with van der Waals surface area (Å²) in [5, 5.41) is 4.48. The minimum absolute atomic E-state index is 0.0718. The van der Waals surface area contributed by atoms with Gasteiger partial charge in [-0.25, -0.2) is 0 Å². The van der Waals surface area contributed by atoms with E-state index in [1.54, 1.807) is 0 Å². The third-order valence-electron chi connectivity index (χ3n) is 7.80. The molecule has 3 aliphatic heterocycles. The third-order valence-corrected chi connectivity index (χ3v) is 7.80. The molecule has 6 rings (SSSR count). The Balaban J connectivity index is 1.15. The topological polar surface area (TPSA) is 34.1 Å². The third kappa shape index (κ3) is 3.94. The molecule has 1 aliphatic carbocycles. The molecule has 1 spiro atoms. The van der Waals surface area contributed by atoms with Crippen LogP contribution < -0.4 is 4.74 Å². The van der Waals surface area contributed by atoms with Crippen molar-refractivity contribution >= 4 is 5.71 Å². The molecule has 4 nitrogen and oxygen atoms in total. The number of ether oxygens (including phenoxy) is 1. The van der Waals surface area contributed by atoms with E-state index in [2.05, 4.69) is 66.4 Å². The Morgan fingerprint density at radius 2 is 1.81 bits per heavy atom. The second-order valence-corrected chi connectivity index (χ2v) is 10.9. The Bertz CT molecular complexity index is 1030. The number of fused-ring (bicyclic) bond motifs is 1. The van der Waals surface area contributed by atoms with Crippen molar-refractivity contribution in [3.63, 3.8) is 0 Å². The van der Waals surface area contributed by atoms with Crippen LogP contribution in [0.4, 0.5) is 0 Å². The number of hydrogen-bond donors (Lipinski definition) is 0. The first kappa shape index (κ1) is 20.3. The molecule has 0 N–H and O–H groups in total. The predicted octanol–water partition coefficient (Wildman–Crippen LogP) is 5.83. The second kappa shape index (κ2) is 7.62. The molecule has 2 aromatic carbocycles. The number of aryl methyl sites for hydroxylation is 1. The smallest absolute Gasteiger partial charge is 0.145 e. The summed E-state index contributed by atoms with van der Waals surface area (Å²) in [6.45, 7) is 7.51. The van der Waals surface area contributed by atoms with Crippen LogP contribution in [0.15, 0.2) is 47.6 Å². The second-order valence-electron chi connectivity index (χ2n) is 10.9. The van der Waals surface area contributed by atoms with Crippen LogP contribution in [0.3, 0.4) is 0 Å². The number of hydrogen-bond acceptors (Lipinski definition) is 4. The Hall–Kier alpha value is -2.33. The summed E-state index contributed by atoms with van der Waals surface area (Å²) in [4.78, 5) is 8.65. The van der Waals surface area contributed by atoms with Gasteiger partial charge in [-0.05, 0) is 62.1 Å². The first-order chi connectivity index (χ1) is 15.5. The lowest BCUT2D eigenvalue weighted by molar-refractivity contribution is -0.0628. The first-order valence-electron chi connectivity index (χ1n) is 12.4. The molecule has 0 atom stereocenters. The van der Waals surface area contributed by atoms with Gasteiger partial charge in [-0.15, -0.1) is 0 Å². The quantitative estimate of drug-likeness (QED) is 0.612. The molecular formula is C28H34N2O2. The molecule has 4 heteroatoms. The van der Waals surface area contributed by atoms with Crippen LogP contribution in [0, 0.1) is 0 Å². The van der Waals surface area contributed by atoms with E-state index in [1.165, 1.54) is 35.1 Å². The maximum atomic E-state index is 6.53. The van der Waals surface area contributed by atoms with Crippen molar-refractivity contribution < 1.29 is 9.57 Å². The molecule has 2 aromatic rings. The van der Waals surface area contributed by atoms with E-state index in [0.717, 1.165) is 69.1 Å². The molecule has 0 amide bonds. The highest BCUT2D eigenvalue weighted by Crippen LogP contribution is 2.45. The van der Waals surface area contributed by atoms with E-state index in [0.29, 0.717) is 0 Å². The van der Waals surface area contributed by atoms with Gasteiger partial charge in [0, 0.05) is 44.5 Å². The fourth-order valence-electron chi connectivity index (χ4n) is 5.57. The molecular weight excluding hydrogens is 396 g/mol. The van der Waals surface area contributed by atoms with Crippen LogP contribution in [0.5, 0.6) is 5.75 Å². The normalized spacial score (nSPS) is 23.9. The maximum absolute atomic E-state index is 6.53. The monoisotopic (exact) mass is 430 g/mol. The number of benzene rings is 2. The molecule has 0 aromatic heterocycles. The van der Waals surface area contributed by atoms with Crippen molar-refractivity contribution in [2.24, 2.45) is 5.16 Å². The van der Waals surface area contributed by atoms with E-state index in [4.69, 9.17) is 9.57 Å². The highest BCUT2D eigenvalue weighted by Gasteiger charge is 2.42. The van der Waals surface area contributed by atoms with Gasteiger partial charge >= 0.3 is 0 Å².